The molecule has 1 aliphatic heterocycles. The minimum absolute atomic E-state index is 0.0735. The average Bonchev–Trinajstić information content (AvgIpc) is 2.31. The van der Waals surface area contributed by atoms with Gasteiger partial charge in [0.25, 0.3) is 0 Å². The van der Waals surface area contributed by atoms with Crippen LogP contribution < -0.4 is 5.32 Å². The van der Waals surface area contributed by atoms with E-state index < -0.39 is 0 Å². The van der Waals surface area contributed by atoms with Crippen molar-refractivity contribution in [1.82, 2.24) is 5.32 Å². The summed E-state index contributed by atoms with van der Waals surface area (Å²) >= 11 is 0. The Hall–Kier alpha value is -1.31. The molecule has 1 aliphatic rings. The number of rotatable bonds is 3. The molecule has 86 valence electrons. The van der Waals surface area contributed by atoms with Gasteiger partial charge < -0.3 is 5.32 Å². The van der Waals surface area contributed by atoms with Gasteiger partial charge in [0.05, 0.1) is 5.92 Å². The van der Waals surface area contributed by atoms with E-state index in [1.54, 1.807) is 0 Å². The highest BCUT2D eigenvalue weighted by Gasteiger charge is 2.23. The number of benzene rings is 1. The fourth-order valence-electron chi connectivity index (χ4n) is 2.30. The second kappa shape index (κ2) is 5.15. The lowest BCUT2D eigenvalue weighted by molar-refractivity contribution is -0.123. The molecule has 0 aliphatic carbocycles. The average molecular weight is 217 g/mol. The largest absolute Gasteiger partial charge is 0.356 e. The summed E-state index contributed by atoms with van der Waals surface area (Å²) in [6.07, 6.45) is 4.37. The molecule has 2 nitrogen and oxygen atoms in total. The number of aryl methyl sites for hydroxylation is 1. The van der Waals surface area contributed by atoms with E-state index in [0.717, 1.165) is 31.4 Å². The summed E-state index contributed by atoms with van der Waals surface area (Å²) in [7, 11) is 0. The van der Waals surface area contributed by atoms with Crippen LogP contribution in [0.4, 0.5) is 0 Å². The first-order chi connectivity index (χ1) is 7.81. The van der Waals surface area contributed by atoms with Crippen LogP contribution in [0, 0.1) is 0 Å². The molecule has 0 aromatic heterocycles. The number of piperidine rings is 1. The van der Waals surface area contributed by atoms with Crippen LogP contribution in [0.3, 0.4) is 0 Å². The van der Waals surface area contributed by atoms with Crippen LogP contribution in [-0.2, 0) is 11.2 Å². The molecule has 1 amide bonds. The van der Waals surface area contributed by atoms with Gasteiger partial charge in [-0.3, -0.25) is 4.79 Å². The molecular weight excluding hydrogens is 198 g/mol. The van der Waals surface area contributed by atoms with Crippen LogP contribution in [0.2, 0.25) is 0 Å². The topological polar surface area (TPSA) is 29.1 Å². The Morgan fingerprint density at radius 3 is 2.69 bits per heavy atom. The number of carbonyl (C=O) groups excluding carboxylic acids is 1. The third-order valence-electron chi connectivity index (χ3n) is 3.21. The number of nitrogens with one attached hydrogen (secondary N) is 1. The minimum Gasteiger partial charge on any atom is -0.356 e. The Balaban J connectivity index is 2.11. The van der Waals surface area contributed by atoms with E-state index >= 15 is 0 Å². The monoisotopic (exact) mass is 217 g/mol. The highest BCUT2D eigenvalue weighted by Crippen LogP contribution is 2.24. The summed E-state index contributed by atoms with van der Waals surface area (Å²) in [5, 5.41) is 2.93. The Morgan fingerprint density at radius 2 is 2.06 bits per heavy atom. The first kappa shape index (κ1) is 11.2. The summed E-state index contributed by atoms with van der Waals surface area (Å²) in [6.45, 7) is 3.02. The maximum absolute atomic E-state index is 11.7. The smallest absolute Gasteiger partial charge is 0.227 e. The highest BCUT2D eigenvalue weighted by molar-refractivity contribution is 5.84. The van der Waals surface area contributed by atoms with Crippen LogP contribution >= 0.6 is 0 Å². The van der Waals surface area contributed by atoms with Gasteiger partial charge in [-0.05, 0) is 30.4 Å². The van der Waals surface area contributed by atoms with Crippen molar-refractivity contribution < 1.29 is 4.79 Å². The van der Waals surface area contributed by atoms with Gasteiger partial charge in [0.2, 0.25) is 5.91 Å². The Bertz CT molecular complexity index is 356. The van der Waals surface area contributed by atoms with Crippen LogP contribution in [-0.4, -0.2) is 12.5 Å². The van der Waals surface area contributed by atoms with E-state index in [9.17, 15) is 4.79 Å². The molecule has 1 atom stereocenters. The van der Waals surface area contributed by atoms with Crippen molar-refractivity contribution in [2.75, 3.05) is 6.54 Å². The molecule has 0 radical (unpaired) electrons. The maximum Gasteiger partial charge on any atom is 0.227 e. The molecule has 1 heterocycles. The minimum atomic E-state index is 0.0735. The van der Waals surface area contributed by atoms with Crippen molar-refractivity contribution in [3.63, 3.8) is 0 Å². The lowest BCUT2D eigenvalue weighted by Crippen LogP contribution is -2.34. The molecule has 1 fully saturated rings. The maximum atomic E-state index is 11.7. The van der Waals surface area contributed by atoms with Gasteiger partial charge in [-0.15, -0.1) is 0 Å². The third kappa shape index (κ3) is 2.43. The summed E-state index contributed by atoms with van der Waals surface area (Å²) < 4.78 is 0. The molecule has 1 unspecified atom stereocenters. The molecule has 0 saturated carbocycles. The second-order valence-corrected chi connectivity index (χ2v) is 4.48. The standard InChI is InChI=1S/C14H19NO/c1-2-4-11-6-8-12(9-7-11)13-5-3-10-15-14(13)16/h6-9,13H,2-5,10H2,1H3,(H,15,16). The molecule has 1 aromatic rings. The van der Waals surface area contributed by atoms with Crippen molar-refractivity contribution in [2.45, 2.75) is 38.5 Å². The van der Waals surface area contributed by atoms with E-state index in [0.29, 0.717) is 0 Å². The number of carbonyl (C=O) groups is 1. The van der Waals surface area contributed by atoms with Crippen LogP contribution in [0.5, 0.6) is 0 Å². The van der Waals surface area contributed by atoms with E-state index in [1.807, 2.05) is 0 Å². The Kier molecular flexibility index (Phi) is 3.60. The van der Waals surface area contributed by atoms with E-state index in [1.165, 1.54) is 12.0 Å². The molecule has 1 aromatic carbocycles. The number of amides is 1. The van der Waals surface area contributed by atoms with Crippen LogP contribution in [0.1, 0.15) is 43.2 Å². The van der Waals surface area contributed by atoms with Gasteiger partial charge in [0, 0.05) is 6.54 Å². The lowest BCUT2D eigenvalue weighted by atomic mass is 9.90. The van der Waals surface area contributed by atoms with Gasteiger partial charge in [0.1, 0.15) is 0 Å². The van der Waals surface area contributed by atoms with Gasteiger partial charge in [-0.1, -0.05) is 37.6 Å². The first-order valence-corrected chi connectivity index (χ1v) is 6.18. The molecule has 1 saturated heterocycles. The molecule has 1 N–H and O–H groups in total. The normalized spacial score (nSPS) is 20.6. The van der Waals surface area contributed by atoms with Gasteiger partial charge in [-0.25, -0.2) is 0 Å². The van der Waals surface area contributed by atoms with Crippen molar-refractivity contribution in [3.8, 4) is 0 Å². The first-order valence-electron chi connectivity index (χ1n) is 6.18. The molecular formula is C14H19NO. The fourth-order valence-corrected chi connectivity index (χ4v) is 2.30. The highest BCUT2D eigenvalue weighted by atomic mass is 16.1. The molecule has 16 heavy (non-hydrogen) atoms. The summed E-state index contributed by atoms with van der Waals surface area (Å²) in [5.74, 6) is 0.263. The molecule has 0 bridgehead atoms. The number of hydrogen-bond donors (Lipinski definition) is 1. The Morgan fingerprint density at radius 1 is 1.31 bits per heavy atom. The lowest BCUT2D eigenvalue weighted by Gasteiger charge is -2.22. The fraction of sp³-hybridized carbons (Fsp3) is 0.500. The zero-order valence-electron chi connectivity index (χ0n) is 9.83. The Labute approximate surface area is 97.1 Å². The van der Waals surface area contributed by atoms with Crippen LogP contribution in [0.15, 0.2) is 24.3 Å². The summed E-state index contributed by atoms with van der Waals surface area (Å²) in [5.41, 5.74) is 2.53. The quantitative estimate of drug-likeness (QED) is 0.828. The van der Waals surface area contributed by atoms with Crippen LogP contribution in [0.25, 0.3) is 0 Å². The predicted molar refractivity (Wildman–Crippen MR) is 65.4 cm³/mol. The van der Waals surface area contributed by atoms with Gasteiger partial charge in [0.15, 0.2) is 0 Å². The predicted octanol–water partition coefficient (Wildman–Crippen LogP) is 2.63. The zero-order valence-corrected chi connectivity index (χ0v) is 9.83. The SMILES string of the molecule is CCCc1ccc(C2CCCNC2=O)cc1. The van der Waals surface area contributed by atoms with Gasteiger partial charge in [-0.2, -0.15) is 0 Å². The zero-order chi connectivity index (χ0) is 11.4. The van der Waals surface area contributed by atoms with Crippen molar-refractivity contribution in [2.24, 2.45) is 0 Å². The summed E-state index contributed by atoms with van der Waals surface area (Å²) in [6, 6.07) is 8.53. The van der Waals surface area contributed by atoms with Gasteiger partial charge >= 0.3 is 0 Å². The van der Waals surface area contributed by atoms with E-state index in [4.69, 9.17) is 0 Å². The van der Waals surface area contributed by atoms with Crippen molar-refractivity contribution in [3.05, 3.63) is 35.4 Å². The van der Waals surface area contributed by atoms with E-state index in [2.05, 4.69) is 36.5 Å². The number of hydrogen-bond acceptors (Lipinski definition) is 1. The second-order valence-electron chi connectivity index (χ2n) is 4.48. The molecule has 2 rings (SSSR count). The van der Waals surface area contributed by atoms with Crippen molar-refractivity contribution in [1.29, 1.82) is 0 Å². The molecule has 0 spiro atoms. The van der Waals surface area contributed by atoms with Crippen molar-refractivity contribution >= 4 is 5.91 Å². The summed E-state index contributed by atoms with van der Waals surface area (Å²) in [4.78, 5) is 11.7. The third-order valence-corrected chi connectivity index (χ3v) is 3.21. The van der Waals surface area contributed by atoms with E-state index in [-0.39, 0.29) is 11.8 Å². The molecule has 2 heteroatoms.